The Bertz CT molecular complexity index is 1040. The smallest absolute Gasteiger partial charge is 0.252 e. The van der Waals surface area contributed by atoms with Crippen LogP contribution >= 0.6 is 0 Å². The Morgan fingerprint density at radius 1 is 1.18 bits per heavy atom. The van der Waals surface area contributed by atoms with Gasteiger partial charge in [0.2, 0.25) is 0 Å². The largest absolute Gasteiger partial charge is 0.326 e. The van der Waals surface area contributed by atoms with Crippen molar-refractivity contribution in [3.8, 4) is 0 Å². The number of aromatic nitrogens is 3. The van der Waals surface area contributed by atoms with E-state index in [9.17, 15) is 4.79 Å². The third-order valence-corrected chi connectivity index (χ3v) is 6.05. The summed E-state index contributed by atoms with van der Waals surface area (Å²) in [7, 11) is 0. The molecule has 0 radical (unpaired) electrons. The van der Waals surface area contributed by atoms with Crippen molar-refractivity contribution in [2.24, 2.45) is 0 Å². The number of aryl methyl sites for hydroxylation is 3. The van der Waals surface area contributed by atoms with E-state index in [0.717, 1.165) is 29.8 Å². The van der Waals surface area contributed by atoms with Crippen LogP contribution in [0.15, 0.2) is 29.2 Å². The van der Waals surface area contributed by atoms with Crippen LogP contribution in [0.3, 0.4) is 0 Å². The fraction of sp³-hybridized carbons (Fsp3) is 0.478. The Kier molecular flexibility index (Phi) is 5.36. The predicted octanol–water partition coefficient (Wildman–Crippen LogP) is 4.31. The number of rotatable bonds is 6. The van der Waals surface area contributed by atoms with Gasteiger partial charge in [-0.1, -0.05) is 25.8 Å². The van der Waals surface area contributed by atoms with E-state index in [0.29, 0.717) is 12.6 Å². The molecule has 5 nitrogen and oxygen atoms in total. The summed E-state index contributed by atoms with van der Waals surface area (Å²) in [6, 6.07) is 7.15. The highest BCUT2D eigenvalue weighted by Gasteiger charge is 2.20. The minimum atomic E-state index is 0.00603. The van der Waals surface area contributed by atoms with Gasteiger partial charge in [0.1, 0.15) is 0 Å². The molecule has 3 aromatic rings. The van der Waals surface area contributed by atoms with E-state index in [-0.39, 0.29) is 5.56 Å². The Hall–Kier alpha value is -2.40. The lowest BCUT2D eigenvalue weighted by Crippen LogP contribution is -2.23. The number of pyridine rings is 1. The highest BCUT2D eigenvalue weighted by Crippen LogP contribution is 2.33. The zero-order valence-corrected chi connectivity index (χ0v) is 17.1. The predicted molar refractivity (Wildman–Crippen MR) is 114 cm³/mol. The van der Waals surface area contributed by atoms with Gasteiger partial charge in [0.25, 0.3) is 5.56 Å². The summed E-state index contributed by atoms with van der Waals surface area (Å²) < 4.78 is 2.25. The molecule has 2 N–H and O–H groups in total. The molecule has 4 rings (SSSR count). The minimum Gasteiger partial charge on any atom is -0.326 e. The van der Waals surface area contributed by atoms with E-state index in [1.54, 1.807) is 0 Å². The van der Waals surface area contributed by atoms with E-state index in [1.165, 1.54) is 47.7 Å². The Morgan fingerprint density at radius 3 is 2.68 bits per heavy atom. The van der Waals surface area contributed by atoms with Crippen molar-refractivity contribution in [2.45, 2.75) is 72.0 Å². The number of nitrogens with one attached hydrogen (secondary N) is 2. The quantitative estimate of drug-likeness (QED) is 0.672. The van der Waals surface area contributed by atoms with Crippen molar-refractivity contribution >= 4 is 10.9 Å². The molecule has 2 heterocycles. The first-order chi connectivity index (χ1) is 13.6. The minimum absolute atomic E-state index is 0.00603. The second-order valence-electron chi connectivity index (χ2n) is 8.12. The molecule has 0 atom stereocenters. The van der Waals surface area contributed by atoms with Crippen LogP contribution in [0.2, 0.25) is 0 Å². The molecule has 1 saturated carbocycles. The van der Waals surface area contributed by atoms with Crippen molar-refractivity contribution in [3.63, 3.8) is 0 Å². The van der Waals surface area contributed by atoms with Gasteiger partial charge in [-0.25, -0.2) is 0 Å². The Balaban J connectivity index is 1.59. The third-order valence-electron chi connectivity index (χ3n) is 6.05. The summed E-state index contributed by atoms with van der Waals surface area (Å²) in [5.74, 6) is 0. The molecule has 148 valence electrons. The van der Waals surface area contributed by atoms with Crippen LogP contribution in [-0.4, -0.2) is 14.8 Å². The molecular formula is C23H30N4O. The van der Waals surface area contributed by atoms with Gasteiger partial charge in [-0.3, -0.25) is 9.48 Å². The van der Waals surface area contributed by atoms with Gasteiger partial charge >= 0.3 is 0 Å². The highest BCUT2D eigenvalue weighted by molar-refractivity contribution is 5.83. The molecular weight excluding hydrogens is 348 g/mol. The van der Waals surface area contributed by atoms with Crippen LogP contribution in [0.1, 0.15) is 66.6 Å². The summed E-state index contributed by atoms with van der Waals surface area (Å²) in [4.78, 5) is 15.2. The Labute approximate surface area is 166 Å². The molecule has 0 amide bonds. The van der Waals surface area contributed by atoms with E-state index < -0.39 is 0 Å². The van der Waals surface area contributed by atoms with Crippen LogP contribution in [0.25, 0.3) is 10.9 Å². The second kappa shape index (κ2) is 7.92. The van der Waals surface area contributed by atoms with Gasteiger partial charge < -0.3 is 10.3 Å². The summed E-state index contributed by atoms with van der Waals surface area (Å²) in [5.41, 5.74) is 6.63. The normalized spacial score (nSPS) is 15.0. The van der Waals surface area contributed by atoms with Crippen molar-refractivity contribution < 1.29 is 0 Å². The average Bonchev–Trinajstić information content (AvgIpc) is 3.32. The maximum absolute atomic E-state index is 12.3. The van der Waals surface area contributed by atoms with Gasteiger partial charge in [-0.2, -0.15) is 5.10 Å². The van der Waals surface area contributed by atoms with Crippen LogP contribution in [0, 0.1) is 13.8 Å². The van der Waals surface area contributed by atoms with Crippen LogP contribution < -0.4 is 10.9 Å². The van der Waals surface area contributed by atoms with Crippen molar-refractivity contribution in [1.82, 2.24) is 20.1 Å². The van der Waals surface area contributed by atoms with Gasteiger partial charge in [0, 0.05) is 29.7 Å². The second-order valence-corrected chi connectivity index (χ2v) is 8.12. The standard InChI is InChI=1S/C23H30N4O/c1-4-17-10-18(12-24-13-20-15(2)9-16(3)26-23(20)28)21-14-25-27(22(21)11-17)19-7-5-6-8-19/h9-11,14,19,24H,4-8,12-13H2,1-3H3,(H,26,28). The SMILES string of the molecule is CCc1cc(CNCc2c(C)cc(C)[nH]c2=O)c2cnn(C3CCCC3)c2c1. The fourth-order valence-electron chi connectivity index (χ4n) is 4.50. The number of fused-ring (bicyclic) bond motifs is 1. The molecule has 0 saturated heterocycles. The van der Waals surface area contributed by atoms with Crippen LogP contribution in [0.5, 0.6) is 0 Å². The first kappa shape index (κ1) is 18.9. The zero-order chi connectivity index (χ0) is 19.7. The van der Waals surface area contributed by atoms with E-state index in [1.807, 2.05) is 26.1 Å². The number of H-pyrrole nitrogens is 1. The number of hydrogen-bond donors (Lipinski definition) is 2. The fourth-order valence-corrected chi connectivity index (χ4v) is 4.50. The molecule has 1 fully saturated rings. The molecule has 2 aromatic heterocycles. The lowest BCUT2D eigenvalue weighted by atomic mass is 10.0. The van der Waals surface area contributed by atoms with Crippen LogP contribution in [0.4, 0.5) is 0 Å². The van der Waals surface area contributed by atoms with E-state index in [4.69, 9.17) is 5.10 Å². The molecule has 1 aliphatic rings. The zero-order valence-electron chi connectivity index (χ0n) is 17.1. The number of nitrogens with zero attached hydrogens (tertiary/aromatic N) is 2. The third kappa shape index (κ3) is 3.63. The van der Waals surface area contributed by atoms with Gasteiger partial charge in [-0.15, -0.1) is 0 Å². The summed E-state index contributed by atoms with van der Waals surface area (Å²) in [6.07, 6.45) is 8.10. The van der Waals surface area contributed by atoms with Crippen LogP contribution in [-0.2, 0) is 19.5 Å². The summed E-state index contributed by atoms with van der Waals surface area (Å²) >= 11 is 0. The van der Waals surface area contributed by atoms with Crippen molar-refractivity contribution in [2.75, 3.05) is 0 Å². The molecule has 0 unspecified atom stereocenters. The Morgan fingerprint density at radius 2 is 1.96 bits per heavy atom. The maximum atomic E-state index is 12.3. The van der Waals surface area contributed by atoms with Crippen molar-refractivity contribution in [3.05, 3.63) is 62.7 Å². The van der Waals surface area contributed by atoms with Gasteiger partial charge in [-0.05, 0) is 61.9 Å². The van der Waals surface area contributed by atoms with Gasteiger partial charge in [0.05, 0.1) is 17.8 Å². The monoisotopic (exact) mass is 378 g/mol. The first-order valence-corrected chi connectivity index (χ1v) is 10.5. The molecule has 1 aromatic carbocycles. The molecule has 28 heavy (non-hydrogen) atoms. The van der Waals surface area contributed by atoms with Gasteiger partial charge in [0.15, 0.2) is 0 Å². The number of hydrogen-bond acceptors (Lipinski definition) is 3. The topological polar surface area (TPSA) is 62.7 Å². The number of benzene rings is 1. The molecule has 0 aliphatic heterocycles. The molecule has 0 spiro atoms. The maximum Gasteiger partial charge on any atom is 0.252 e. The molecule has 1 aliphatic carbocycles. The van der Waals surface area contributed by atoms with E-state index >= 15 is 0 Å². The molecule has 5 heteroatoms. The summed E-state index contributed by atoms with van der Waals surface area (Å²) in [6.45, 7) is 7.41. The molecule has 0 bridgehead atoms. The lowest BCUT2D eigenvalue weighted by Gasteiger charge is -2.14. The number of aromatic amines is 1. The van der Waals surface area contributed by atoms with Crippen molar-refractivity contribution in [1.29, 1.82) is 0 Å². The lowest BCUT2D eigenvalue weighted by molar-refractivity contribution is 0.482. The summed E-state index contributed by atoms with van der Waals surface area (Å²) in [5, 5.41) is 9.46. The first-order valence-electron chi connectivity index (χ1n) is 10.5. The van der Waals surface area contributed by atoms with E-state index in [2.05, 4.69) is 34.0 Å². The average molecular weight is 379 g/mol. The highest BCUT2D eigenvalue weighted by atomic mass is 16.1.